The first kappa shape index (κ1) is 9.21. The lowest BCUT2D eigenvalue weighted by Gasteiger charge is -1.97. The van der Waals surface area contributed by atoms with E-state index in [1.165, 1.54) is 0 Å². The fourth-order valence-corrected chi connectivity index (χ4v) is 10.8. The lowest BCUT2D eigenvalue weighted by molar-refractivity contribution is 0.479. The Bertz CT molecular complexity index is 718. The Morgan fingerprint density at radius 3 is 1.60 bits per heavy atom. The van der Waals surface area contributed by atoms with Crippen LogP contribution in [0.25, 0.3) is 0 Å². The number of hydrogen-bond acceptors (Lipinski definition) is 0. The summed E-state index contributed by atoms with van der Waals surface area (Å²) in [7, 11) is 0. The van der Waals surface area contributed by atoms with Crippen LogP contribution < -0.4 is 0 Å². The van der Waals surface area contributed by atoms with E-state index in [9.17, 15) is 0 Å². The summed E-state index contributed by atoms with van der Waals surface area (Å²) in [5, 5.41) is 0. The maximum absolute atomic E-state index is 2.55. The van der Waals surface area contributed by atoms with E-state index in [2.05, 4.69) is 6.92 Å². The molecule has 9 aliphatic rings. The second kappa shape index (κ2) is 1.65. The SMILES string of the molecule is CC1CC12CC21CC12CC21CC12CC21CC12CC21CC1. The Hall–Kier alpha value is 0. The predicted molar refractivity (Wildman–Crippen MR) is 74.8 cm³/mol. The van der Waals surface area contributed by atoms with Gasteiger partial charge in [-0.1, -0.05) is 6.92 Å². The standard InChI is InChI=1S/C20H24/c1-12-4-14(12)6-16(14)8-18(16)10-20(18)11-19(20)9-17(19)7-15(17)5-13(15)2-3-13/h12H,2-11H2,1H3. The first-order valence-electron chi connectivity index (χ1n) is 9.53. The molecule has 0 aromatic heterocycles. The van der Waals surface area contributed by atoms with Gasteiger partial charge >= 0.3 is 0 Å². The summed E-state index contributed by atoms with van der Waals surface area (Å²) in [6, 6.07) is 0. The molecule has 0 N–H and O–H groups in total. The molecule has 104 valence electrons. The zero-order chi connectivity index (χ0) is 12.6. The van der Waals surface area contributed by atoms with Gasteiger partial charge in [0.1, 0.15) is 0 Å². The van der Waals surface area contributed by atoms with Gasteiger partial charge in [0.05, 0.1) is 0 Å². The minimum absolute atomic E-state index is 0.945. The summed E-state index contributed by atoms with van der Waals surface area (Å²) < 4.78 is 0. The second-order valence-corrected chi connectivity index (χ2v) is 11.8. The predicted octanol–water partition coefficient (Wildman–Crippen LogP) is 4.54. The lowest BCUT2D eigenvalue weighted by Crippen LogP contribution is -1.95. The Morgan fingerprint density at radius 2 is 1.10 bits per heavy atom. The topological polar surface area (TPSA) is 0 Å². The molecule has 8 spiro atoms. The molecule has 0 nitrogen and oxygen atoms in total. The van der Waals surface area contributed by atoms with Crippen LogP contribution in [0.2, 0.25) is 0 Å². The average molecular weight is 264 g/mol. The van der Waals surface area contributed by atoms with Gasteiger partial charge in [-0.2, -0.15) is 0 Å². The largest absolute Gasteiger partial charge is 0.0619 e. The van der Waals surface area contributed by atoms with E-state index in [0.717, 1.165) is 49.2 Å². The van der Waals surface area contributed by atoms with Crippen molar-refractivity contribution in [2.45, 2.75) is 71.1 Å². The van der Waals surface area contributed by atoms with Gasteiger partial charge in [-0.25, -0.2) is 0 Å². The third-order valence-corrected chi connectivity index (χ3v) is 12.3. The number of fused-ring (bicyclic) bond motifs is 7. The Kier molecular flexibility index (Phi) is 0.762. The third-order valence-electron chi connectivity index (χ3n) is 12.3. The van der Waals surface area contributed by atoms with Crippen molar-refractivity contribution in [2.75, 3.05) is 0 Å². The van der Waals surface area contributed by atoms with Gasteiger partial charge < -0.3 is 0 Å². The highest BCUT2D eigenvalue weighted by atomic mass is 15.2. The van der Waals surface area contributed by atoms with E-state index in [1.54, 1.807) is 64.2 Å². The quantitative estimate of drug-likeness (QED) is 0.602. The molecule has 0 aromatic rings. The van der Waals surface area contributed by atoms with Gasteiger partial charge in [0.2, 0.25) is 0 Å². The zero-order valence-corrected chi connectivity index (χ0v) is 12.6. The van der Waals surface area contributed by atoms with Crippen LogP contribution in [0.1, 0.15) is 71.1 Å². The lowest BCUT2D eigenvalue weighted by atomic mass is 10.1. The summed E-state index contributed by atoms with van der Waals surface area (Å²) in [4.78, 5) is 0. The first-order chi connectivity index (χ1) is 9.53. The molecular weight excluding hydrogens is 240 g/mol. The molecule has 0 aliphatic heterocycles. The van der Waals surface area contributed by atoms with Gasteiger partial charge in [-0.05, 0) is 113 Å². The van der Waals surface area contributed by atoms with Gasteiger partial charge in [0, 0.05) is 0 Å². The zero-order valence-electron chi connectivity index (χ0n) is 12.6. The second-order valence-electron chi connectivity index (χ2n) is 11.8. The minimum atomic E-state index is 0.945. The molecule has 9 fully saturated rings. The van der Waals surface area contributed by atoms with E-state index in [-0.39, 0.29) is 0 Å². The van der Waals surface area contributed by atoms with E-state index in [0.29, 0.717) is 0 Å². The minimum Gasteiger partial charge on any atom is -0.0619 e. The van der Waals surface area contributed by atoms with E-state index < -0.39 is 0 Å². The van der Waals surface area contributed by atoms with Crippen LogP contribution >= 0.6 is 0 Å². The van der Waals surface area contributed by atoms with Gasteiger partial charge in [-0.15, -0.1) is 0 Å². The van der Waals surface area contributed by atoms with Crippen LogP contribution in [0.5, 0.6) is 0 Å². The van der Waals surface area contributed by atoms with Crippen LogP contribution in [-0.4, -0.2) is 0 Å². The Morgan fingerprint density at radius 1 is 0.600 bits per heavy atom. The maximum atomic E-state index is 2.55. The molecule has 0 bridgehead atoms. The van der Waals surface area contributed by atoms with Crippen molar-refractivity contribution in [3.05, 3.63) is 0 Å². The summed E-state index contributed by atoms with van der Waals surface area (Å²) in [6.45, 7) is 2.55. The molecule has 0 aromatic carbocycles. The molecule has 9 rings (SSSR count). The van der Waals surface area contributed by atoms with E-state index in [4.69, 9.17) is 0 Å². The maximum Gasteiger partial charge on any atom is -0.0161 e. The van der Waals surface area contributed by atoms with Crippen molar-refractivity contribution in [2.24, 2.45) is 49.2 Å². The summed E-state index contributed by atoms with van der Waals surface area (Å²) >= 11 is 0. The molecule has 0 heteroatoms. The van der Waals surface area contributed by atoms with Crippen molar-refractivity contribution in [3.8, 4) is 0 Å². The Balaban J connectivity index is 1.12. The molecule has 0 saturated heterocycles. The molecule has 0 heterocycles. The molecule has 8 unspecified atom stereocenters. The summed E-state index contributed by atoms with van der Waals surface area (Å²) in [5.74, 6) is 1.12. The Labute approximate surface area is 121 Å². The smallest absolute Gasteiger partial charge is 0.0161 e. The first-order valence-corrected chi connectivity index (χ1v) is 9.53. The van der Waals surface area contributed by atoms with Gasteiger partial charge in [-0.3, -0.25) is 0 Å². The highest BCUT2D eigenvalue weighted by Crippen LogP contribution is 3.21. The molecule has 0 radical (unpaired) electrons. The number of hydrogen-bond donors (Lipinski definition) is 0. The highest BCUT2D eigenvalue weighted by Gasteiger charge is 3.15. The summed E-state index contributed by atoms with van der Waals surface area (Å²) in [6.07, 6.45) is 16.9. The van der Waals surface area contributed by atoms with Crippen LogP contribution in [-0.2, 0) is 0 Å². The molecule has 8 atom stereocenters. The van der Waals surface area contributed by atoms with Gasteiger partial charge in [0.15, 0.2) is 0 Å². The third kappa shape index (κ3) is 0.472. The molecule has 9 saturated carbocycles. The molecule has 0 amide bonds. The molecule has 20 heavy (non-hydrogen) atoms. The average Bonchev–Trinajstić information content (AvgIpc) is 3.20. The number of rotatable bonds is 0. The van der Waals surface area contributed by atoms with Gasteiger partial charge in [0.25, 0.3) is 0 Å². The van der Waals surface area contributed by atoms with Crippen molar-refractivity contribution in [3.63, 3.8) is 0 Å². The van der Waals surface area contributed by atoms with Crippen LogP contribution in [0.4, 0.5) is 0 Å². The van der Waals surface area contributed by atoms with E-state index >= 15 is 0 Å². The van der Waals surface area contributed by atoms with Crippen LogP contribution in [0, 0.1) is 49.2 Å². The van der Waals surface area contributed by atoms with Crippen LogP contribution in [0.15, 0.2) is 0 Å². The molecule has 9 aliphatic carbocycles. The monoisotopic (exact) mass is 264 g/mol. The van der Waals surface area contributed by atoms with E-state index in [1.807, 2.05) is 0 Å². The van der Waals surface area contributed by atoms with Crippen molar-refractivity contribution >= 4 is 0 Å². The van der Waals surface area contributed by atoms with Crippen molar-refractivity contribution in [1.29, 1.82) is 0 Å². The molecular formula is C20H24. The normalized spacial score (nSPS) is 89.5. The van der Waals surface area contributed by atoms with Crippen LogP contribution in [0.3, 0.4) is 0 Å². The van der Waals surface area contributed by atoms with Crippen molar-refractivity contribution < 1.29 is 0 Å². The fraction of sp³-hybridized carbons (Fsp3) is 1.00. The summed E-state index contributed by atoms with van der Waals surface area (Å²) in [5.41, 5.74) is 7.81. The highest BCUT2D eigenvalue weighted by molar-refractivity contribution is 5.62. The van der Waals surface area contributed by atoms with Crippen molar-refractivity contribution in [1.82, 2.24) is 0 Å². The fourth-order valence-electron chi connectivity index (χ4n) is 10.8.